The lowest BCUT2D eigenvalue weighted by Crippen LogP contribution is -2.31. The highest BCUT2D eigenvalue weighted by Gasteiger charge is 2.22. The average molecular weight is 421 g/mol. The number of hydrogen-bond donors (Lipinski definition) is 2. The van der Waals surface area contributed by atoms with Crippen LogP contribution in [0.1, 0.15) is 46.3 Å². The van der Waals surface area contributed by atoms with E-state index in [1.165, 1.54) is 6.26 Å². The molecule has 9 nitrogen and oxygen atoms in total. The molecule has 1 amide bonds. The van der Waals surface area contributed by atoms with Crippen molar-refractivity contribution in [3.8, 4) is 11.7 Å². The molecule has 1 saturated heterocycles. The maximum Gasteiger partial charge on any atom is 0.349 e. The zero-order chi connectivity index (χ0) is 19.5. The van der Waals surface area contributed by atoms with Gasteiger partial charge in [-0.25, -0.2) is 4.79 Å². The number of aromatic nitrogens is 2. The fourth-order valence-electron chi connectivity index (χ4n) is 3.29. The topological polar surface area (TPSA) is 123 Å². The Labute approximate surface area is 172 Å². The molecule has 1 fully saturated rings. The maximum absolute atomic E-state index is 12.5. The van der Waals surface area contributed by atoms with Gasteiger partial charge in [0, 0.05) is 5.92 Å². The minimum atomic E-state index is -0.629. The van der Waals surface area contributed by atoms with Gasteiger partial charge in [-0.3, -0.25) is 4.79 Å². The summed E-state index contributed by atoms with van der Waals surface area (Å²) >= 11 is 0. The molecule has 3 aromatic rings. The quantitative estimate of drug-likeness (QED) is 0.644. The summed E-state index contributed by atoms with van der Waals surface area (Å²) in [5.41, 5.74) is -0.0467. The van der Waals surface area contributed by atoms with E-state index in [0.717, 1.165) is 25.9 Å². The van der Waals surface area contributed by atoms with E-state index in [2.05, 4.69) is 20.8 Å². The van der Waals surface area contributed by atoms with Crippen molar-refractivity contribution in [3.05, 3.63) is 57.6 Å². The van der Waals surface area contributed by atoms with Crippen LogP contribution in [0.4, 0.5) is 0 Å². The predicted octanol–water partition coefficient (Wildman–Crippen LogP) is 2.41. The van der Waals surface area contributed by atoms with Gasteiger partial charge in [0.1, 0.15) is 11.3 Å². The summed E-state index contributed by atoms with van der Waals surface area (Å²) in [7, 11) is 0. The van der Waals surface area contributed by atoms with Crippen molar-refractivity contribution in [2.75, 3.05) is 13.1 Å². The maximum atomic E-state index is 12.5. The molecule has 3 aromatic heterocycles. The Hall–Kier alpha value is -2.91. The molecule has 2 N–H and O–H groups in total. The van der Waals surface area contributed by atoms with Crippen molar-refractivity contribution >= 4 is 18.3 Å². The van der Waals surface area contributed by atoms with Crippen molar-refractivity contribution in [1.82, 2.24) is 20.8 Å². The SMILES string of the molecule is Cc1cc(C2CCNCC2)oc(=O)c1C(=O)NCc1noc(-c2ccco2)n1.Cl. The molecule has 0 aliphatic carbocycles. The lowest BCUT2D eigenvalue weighted by atomic mass is 9.94. The lowest BCUT2D eigenvalue weighted by Gasteiger charge is -2.21. The Kier molecular flexibility index (Phi) is 6.50. The van der Waals surface area contributed by atoms with Crippen LogP contribution in [0.5, 0.6) is 0 Å². The van der Waals surface area contributed by atoms with Crippen LogP contribution in [0.15, 0.2) is 42.6 Å². The van der Waals surface area contributed by atoms with E-state index in [1.807, 2.05) is 0 Å². The number of nitrogens with zero attached hydrogens (tertiary/aromatic N) is 2. The summed E-state index contributed by atoms with van der Waals surface area (Å²) in [4.78, 5) is 29.1. The first-order valence-electron chi connectivity index (χ1n) is 9.12. The smallest absolute Gasteiger partial charge is 0.349 e. The Morgan fingerprint density at radius 3 is 2.83 bits per heavy atom. The fraction of sp³-hybridized carbons (Fsp3) is 0.368. The predicted molar refractivity (Wildman–Crippen MR) is 105 cm³/mol. The molecule has 10 heteroatoms. The molecule has 0 atom stereocenters. The minimum absolute atomic E-state index is 0. The van der Waals surface area contributed by atoms with Gasteiger partial charge in [0.15, 0.2) is 11.6 Å². The molecule has 1 aliphatic rings. The van der Waals surface area contributed by atoms with E-state index in [1.54, 1.807) is 25.1 Å². The molecular formula is C19H21ClN4O5. The Bertz CT molecular complexity index is 1020. The second kappa shape index (κ2) is 9.06. The van der Waals surface area contributed by atoms with Gasteiger partial charge in [0.25, 0.3) is 11.8 Å². The lowest BCUT2D eigenvalue weighted by molar-refractivity contribution is 0.0944. The summed E-state index contributed by atoms with van der Waals surface area (Å²) in [6.07, 6.45) is 3.31. The Morgan fingerprint density at radius 1 is 1.34 bits per heavy atom. The second-order valence-corrected chi connectivity index (χ2v) is 6.69. The largest absolute Gasteiger partial charge is 0.459 e. The van der Waals surface area contributed by atoms with Crippen LogP contribution < -0.4 is 16.3 Å². The van der Waals surface area contributed by atoms with Gasteiger partial charge < -0.3 is 24.0 Å². The average Bonchev–Trinajstić information content (AvgIpc) is 3.38. The number of carbonyl (C=O) groups is 1. The standard InChI is InChI=1S/C19H20N4O5.ClH/c1-11-9-14(12-4-6-20-7-5-12)27-19(25)16(11)17(24)21-10-15-22-18(28-23-15)13-3-2-8-26-13;/h2-3,8-9,12,20H,4-7,10H2,1H3,(H,21,24);1H. The minimum Gasteiger partial charge on any atom is -0.459 e. The van der Waals surface area contributed by atoms with Gasteiger partial charge in [-0.1, -0.05) is 5.16 Å². The first-order chi connectivity index (χ1) is 13.6. The molecule has 0 bridgehead atoms. The van der Waals surface area contributed by atoms with Gasteiger partial charge in [0.2, 0.25) is 0 Å². The molecule has 1 aliphatic heterocycles. The zero-order valence-corrected chi connectivity index (χ0v) is 16.6. The van der Waals surface area contributed by atoms with E-state index >= 15 is 0 Å². The highest BCUT2D eigenvalue weighted by molar-refractivity contribution is 5.95. The van der Waals surface area contributed by atoms with Crippen LogP contribution >= 0.6 is 12.4 Å². The number of carbonyl (C=O) groups excluding carboxylic acids is 1. The molecule has 0 aromatic carbocycles. The van der Waals surface area contributed by atoms with Crippen molar-refractivity contribution < 1.29 is 18.2 Å². The molecule has 4 heterocycles. The molecule has 0 radical (unpaired) electrons. The van der Waals surface area contributed by atoms with Crippen molar-refractivity contribution in [2.24, 2.45) is 0 Å². The fourth-order valence-corrected chi connectivity index (χ4v) is 3.29. The highest BCUT2D eigenvalue weighted by atomic mass is 35.5. The van der Waals surface area contributed by atoms with Crippen LogP contribution in [0.2, 0.25) is 0 Å². The molecule has 29 heavy (non-hydrogen) atoms. The number of piperidine rings is 1. The van der Waals surface area contributed by atoms with Crippen LogP contribution in [-0.4, -0.2) is 29.1 Å². The zero-order valence-electron chi connectivity index (χ0n) is 15.8. The first-order valence-corrected chi connectivity index (χ1v) is 9.12. The summed E-state index contributed by atoms with van der Waals surface area (Å²) in [6.45, 7) is 3.53. The van der Waals surface area contributed by atoms with Crippen molar-refractivity contribution in [3.63, 3.8) is 0 Å². The number of aryl methyl sites for hydroxylation is 1. The summed E-state index contributed by atoms with van der Waals surface area (Å²) in [6, 6.07) is 5.18. The van der Waals surface area contributed by atoms with Gasteiger partial charge in [-0.15, -0.1) is 12.4 Å². The van der Waals surface area contributed by atoms with Gasteiger partial charge in [-0.05, 0) is 56.6 Å². The van der Waals surface area contributed by atoms with E-state index in [4.69, 9.17) is 13.4 Å². The van der Waals surface area contributed by atoms with E-state index in [9.17, 15) is 9.59 Å². The van der Waals surface area contributed by atoms with Gasteiger partial charge in [-0.2, -0.15) is 4.98 Å². The number of nitrogens with one attached hydrogen (secondary N) is 2. The Morgan fingerprint density at radius 2 is 2.14 bits per heavy atom. The number of halogens is 1. The molecule has 0 unspecified atom stereocenters. The normalized spacial score (nSPS) is 14.4. The second-order valence-electron chi connectivity index (χ2n) is 6.69. The van der Waals surface area contributed by atoms with Crippen molar-refractivity contribution in [2.45, 2.75) is 32.2 Å². The third kappa shape index (κ3) is 4.57. The monoisotopic (exact) mass is 420 g/mol. The van der Waals surface area contributed by atoms with Crippen LogP contribution in [0.25, 0.3) is 11.7 Å². The molecule has 0 saturated carbocycles. The summed E-state index contributed by atoms with van der Waals surface area (Å²) < 4.78 is 15.7. The van der Waals surface area contributed by atoms with E-state index < -0.39 is 11.5 Å². The van der Waals surface area contributed by atoms with Gasteiger partial charge in [0.05, 0.1) is 12.8 Å². The van der Waals surface area contributed by atoms with Crippen LogP contribution in [0, 0.1) is 6.92 Å². The molecule has 0 spiro atoms. The van der Waals surface area contributed by atoms with Gasteiger partial charge >= 0.3 is 5.63 Å². The highest BCUT2D eigenvalue weighted by Crippen LogP contribution is 2.25. The summed E-state index contributed by atoms with van der Waals surface area (Å²) in [5, 5.41) is 9.70. The Balaban J connectivity index is 0.00000240. The first kappa shape index (κ1) is 20.8. The third-order valence-electron chi connectivity index (χ3n) is 4.74. The third-order valence-corrected chi connectivity index (χ3v) is 4.74. The number of amides is 1. The number of furan rings is 1. The molecule has 4 rings (SSSR count). The number of hydrogen-bond acceptors (Lipinski definition) is 8. The van der Waals surface area contributed by atoms with Crippen molar-refractivity contribution in [1.29, 1.82) is 0 Å². The van der Waals surface area contributed by atoms with Crippen LogP contribution in [-0.2, 0) is 6.54 Å². The number of rotatable bonds is 5. The van der Waals surface area contributed by atoms with Crippen LogP contribution in [0.3, 0.4) is 0 Å². The molecule has 154 valence electrons. The van der Waals surface area contributed by atoms with E-state index in [-0.39, 0.29) is 42.1 Å². The molecular weight excluding hydrogens is 400 g/mol. The summed E-state index contributed by atoms with van der Waals surface area (Å²) in [5.74, 6) is 1.23. The van der Waals surface area contributed by atoms with E-state index in [0.29, 0.717) is 17.1 Å².